The average molecular weight is 215 g/mol. The lowest BCUT2D eigenvalue weighted by atomic mass is 9.77. The molecule has 2 N–H and O–H groups in total. The Hall–Kier alpha value is -0.120. The van der Waals surface area contributed by atoms with Crippen LogP contribution in [0.5, 0.6) is 0 Å². The SMILES string of the molecule is COCCCNC1(CO)CCC(C)CC1. The van der Waals surface area contributed by atoms with Gasteiger partial charge in [0.05, 0.1) is 6.61 Å². The lowest BCUT2D eigenvalue weighted by Crippen LogP contribution is -2.51. The van der Waals surface area contributed by atoms with Crippen LogP contribution >= 0.6 is 0 Å². The van der Waals surface area contributed by atoms with Crippen molar-refractivity contribution in [2.45, 2.75) is 44.6 Å². The molecule has 0 unspecified atom stereocenters. The van der Waals surface area contributed by atoms with Crippen LogP contribution in [0.1, 0.15) is 39.0 Å². The third-order valence-electron chi connectivity index (χ3n) is 3.56. The van der Waals surface area contributed by atoms with E-state index in [2.05, 4.69) is 12.2 Å². The number of hydrogen-bond acceptors (Lipinski definition) is 3. The lowest BCUT2D eigenvalue weighted by Gasteiger charge is -2.39. The summed E-state index contributed by atoms with van der Waals surface area (Å²) in [6.07, 6.45) is 5.71. The number of hydrogen-bond donors (Lipinski definition) is 2. The minimum Gasteiger partial charge on any atom is -0.394 e. The Morgan fingerprint density at radius 2 is 2.07 bits per heavy atom. The van der Waals surface area contributed by atoms with Crippen molar-refractivity contribution in [2.24, 2.45) is 5.92 Å². The third kappa shape index (κ3) is 4.09. The van der Waals surface area contributed by atoms with Gasteiger partial charge in [-0.05, 0) is 44.6 Å². The summed E-state index contributed by atoms with van der Waals surface area (Å²) < 4.78 is 5.01. The van der Waals surface area contributed by atoms with Crippen LogP contribution < -0.4 is 5.32 Å². The summed E-state index contributed by atoms with van der Waals surface area (Å²) in [5.74, 6) is 0.824. The highest BCUT2D eigenvalue weighted by Gasteiger charge is 2.32. The summed E-state index contributed by atoms with van der Waals surface area (Å²) >= 11 is 0. The maximum atomic E-state index is 9.49. The maximum absolute atomic E-state index is 9.49. The van der Waals surface area contributed by atoms with Gasteiger partial charge in [-0.25, -0.2) is 0 Å². The van der Waals surface area contributed by atoms with Gasteiger partial charge in [0.1, 0.15) is 0 Å². The van der Waals surface area contributed by atoms with Crippen LogP contribution in [0.25, 0.3) is 0 Å². The molecule has 1 aliphatic carbocycles. The minimum atomic E-state index is 0.000249. The van der Waals surface area contributed by atoms with Gasteiger partial charge in [-0.1, -0.05) is 6.92 Å². The van der Waals surface area contributed by atoms with Gasteiger partial charge in [-0.3, -0.25) is 0 Å². The van der Waals surface area contributed by atoms with Crippen LogP contribution in [0.3, 0.4) is 0 Å². The van der Waals surface area contributed by atoms with Crippen molar-refractivity contribution in [1.29, 1.82) is 0 Å². The van der Waals surface area contributed by atoms with Crippen LogP contribution in [0.15, 0.2) is 0 Å². The van der Waals surface area contributed by atoms with Crippen molar-refractivity contribution < 1.29 is 9.84 Å². The Bertz CT molecular complexity index is 165. The monoisotopic (exact) mass is 215 g/mol. The zero-order valence-corrected chi connectivity index (χ0v) is 10.1. The van der Waals surface area contributed by atoms with E-state index < -0.39 is 0 Å². The molecule has 0 aromatic heterocycles. The second kappa shape index (κ2) is 6.46. The first-order chi connectivity index (χ1) is 7.22. The van der Waals surface area contributed by atoms with Gasteiger partial charge in [0.15, 0.2) is 0 Å². The van der Waals surface area contributed by atoms with Crippen LogP contribution in [-0.4, -0.2) is 37.5 Å². The summed E-state index contributed by atoms with van der Waals surface area (Å²) in [6, 6.07) is 0. The Morgan fingerprint density at radius 3 is 2.60 bits per heavy atom. The molecule has 3 nitrogen and oxygen atoms in total. The largest absolute Gasteiger partial charge is 0.394 e. The minimum absolute atomic E-state index is 0.000249. The molecule has 0 amide bonds. The first kappa shape index (κ1) is 12.9. The van der Waals surface area contributed by atoms with Gasteiger partial charge in [-0.2, -0.15) is 0 Å². The van der Waals surface area contributed by atoms with Crippen molar-refractivity contribution in [3.05, 3.63) is 0 Å². The fourth-order valence-corrected chi connectivity index (χ4v) is 2.28. The maximum Gasteiger partial charge on any atom is 0.0613 e. The molecule has 1 fully saturated rings. The molecular weight excluding hydrogens is 190 g/mol. The molecular formula is C12H25NO2. The second-order valence-electron chi connectivity index (χ2n) is 4.89. The molecule has 3 heteroatoms. The summed E-state index contributed by atoms with van der Waals surface area (Å²) in [7, 11) is 1.73. The van der Waals surface area contributed by atoms with Gasteiger partial charge in [0.25, 0.3) is 0 Å². The van der Waals surface area contributed by atoms with Crippen LogP contribution in [-0.2, 0) is 4.74 Å². The normalized spacial score (nSPS) is 31.8. The number of aliphatic hydroxyl groups is 1. The number of rotatable bonds is 6. The molecule has 15 heavy (non-hydrogen) atoms. The predicted octanol–water partition coefficient (Wildman–Crippen LogP) is 1.55. The van der Waals surface area contributed by atoms with Gasteiger partial charge < -0.3 is 15.2 Å². The van der Waals surface area contributed by atoms with Crippen molar-refractivity contribution in [3.63, 3.8) is 0 Å². The molecule has 90 valence electrons. The van der Waals surface area contributed by atoms with Crippen molar-refractivity contribution in [2.75, 3.05) is 26.9 Å². The Balaban J connectivity index is 2.27. The molecule has 0 aromatic rings. The Labute approximate surface area is 93.2 Å². The molecule has 1 rings (SSSR count). The highest BCUT2D eigenvalue weighted by atomic mass is 16.5. The van der Waals surface area contributed by atoms with Gasteiger partial charge in [0, 0.05) is 19.3 Å². The fraction of sp³-hybridized carbons (Fsp3) is 1.00. The first-order valence-corrected chi connectivity index (χ1v) is 6.07. The average Bonchev–Trinajstić information content (AvgIpc) is 2.28. The van der Waals surface area contributed by atoms with E-state index in [4.69, 9.17) is 4.74 Å². The molecule has 0 radical (unpaired) electrons. The first-order valence-electron chi connectivity index (χ1n) is 6.07. The highest BCUT2D eigenvalue weighted by molar-refractivity contribution is 4.91. The Kier molecular flexibility index (Phi) is 5.58. The summed E-state index contributed by atoms with van der Waals surface area (Å²) in [6.45, 7) is 4.31. The number of nitrogens with one attached hydrogen (secondary N) is 1. The molecule has 1 aliphatic rings. The van der Waals surface area contributed by atoms with E-state index in [0.29, 0.717) is 0 Å². The second-order valence-corrected chi connectivity index (χ2v) is 4.89. The molecule has 0 aliphatic heterocycles. The van der Waals surface area contributed by atoms with Crippen molar-refractivity contribution in [1.82, 2.24) is 5.32 Å². The van der Waals surface area contributed by atoms with Gasteiger partial charge in [-0.15, -0.1) is 0 Å². The van der Waals surface area contributed by atoms with Crippen molar-refractivity contribution in [3.8, 4) is 0 Å². The highest BCUT2D eigenvalue weighted by Crippen LogP contribution is 2.31. The van der Waals surface area contributed by atoms with Crippen LogP contribution in [0.4, 0.5) is 0 Å². The van der Waals surface area contributed by atoms with Crippen molar-refractivity contribution >= 4 is 0 Å². The predicted molar refractivity (Wildman–Crippen MR) is 61.9 cm³/mol. The molecule has 1 saturated carbocycles. The van der Waals surface area contributed by atoms with Gasteiger partial charge >= 0.3 is 0 Å². The van der Waals surface area contributed by atoms with Crippen LogP contribution in [0.2, 0.25) is 0 Å². The van der Waals surface area contributed by atoms with E-state index in [1.165, 1.54) is 12.8 Å². The molecule has 0 spiro atoms. The standard InChI is InChI=1S/C12H25NO2/c1-11-4-6-12(10-14,7-5-11)13-8-3-9-15-2/h11,13-14H,3-10H2,1-2H3. The molecule has 0 bridgehead atoms. The third-order valence-corrected chi connectivity index (χ3v) is 3.56. The Morgan fingerprint density at radius 1 is 1.40 bits per heavy atom. The number of ether oxygens (including phenoxy) is 1. The van der Waals surface area contributed by atoms with E-state index in [0.717, 1.165) is 38.3 Å². The fourth-order valence-electron chi connectivity index (χ4n) is 2.28. The number of aliphatic hydroxyl groups excluding tert-OH is 1. The van der Waals surface area contributed by atoms with E-state index in [9.17, 15) is 5.11 Å². The smallest absolute Gasteiger partial charge is 0.0613 e. The molecule has 0 saturated heterocycles. The van der Waals surface area contributed by atoms with E-state index in [-0.39, 0.29) is 12.1 Å². The topological polar surface area (TPSA) is 41.5 Å². The molecule has 0 aromatic carbocycles. The van der Waals surface area contributed by atoms with E-state index >= 15 is 0 Å². The molecule has 0 heterocycles. The quantitative estimate of drug-likeness (QED) is 0.661. The van der Waals surface area contributed by atoms with Crippen LogP contribution in [0, 0.1) is 5.92 Å². The van der Waals surface area contributed by atoms with E-state index in [1.807, 2.05) is 0 Å². The summed E-state index contributed by atoms with van der Waals surface area (Å²) in [5.41, 5.74) is 0.000249. The number of methoxy groups -OCH3 is 1. The molecule has 0 atom stereocenters. The van der Waals surface area contributed by atoms with E-state index in [1.54, 1.807) is 7.11 Å². The zero-order valence-electron chi connectivity index (χ0n) is 10.1. The summed E-state index contributed by atoms with van der Waals surface area (Å²) in [4.78, 5) is 0. The summed E-state index contributed by atoms with van der Waals surface area (Å²) in [5, 5.41) is 13.0. The lowest BCUT2D eigenvalue weighted by molar-refractivity contribution is 0.102. The zero-order chi connectivity index (χ0) is 11.1. The van der Waals surface area contributed by atoms with Gasteiger partial charge in [0.2, 0.25) is 0 Å².